The highest BCUT2D eigenvalue weighted by molar-refractivity contribution is 9.10. The SMILES string of the molecule is Cc1cc(C)nc(Sc2nc[nH]c(=O)c2Br)n1. The molecule has 0 atom stereocenters. The molecule has 0 bridgehead atoms. The van der Waals surface area contributed by atoms with Crippen LogP contribution in [0, 0.1) is 13.8 Å². The Balaban J connectivity index is 2.38. The van der Waals surface area contributed by atoms with Gasteiger partial charge in [0.05, 0.1) is 6.33 Å². The number of rotatable bonds is 2. The van der Waals surface area contributed by atoms with Crippen LogP contribution < -0.4 is 5.56 Å². The first kappa shape index (κ1) is 12.3. The Labute approximate surface area is 110 Å². The quantitative estimate of drug-likeness (QED) is 0.679. The highest BCUT2D eigenvalue weighted by atomic mass is 79.9. The molecule has 0 amide bonds. The van der Waals surface area contributed by atoms with E-state index in [4.69, 9.17) is 0 Å². The number of hydrogen-bond donors (Lipinski definition) is 1. The number of nitrogens with zero attached hydrogens (tertiary/aromatic N) is 3. The molecular weight excluding hydrogens is 304 g/mol. The Morgan fingerprint density at radius 1 is 1.29 bits per heavy atom. The summed E-state index contributed by atoms with van der Waals surface area (Å²) in [4.78, 5) is 26.5. The third kappa shape index (κ3) is 2.92. The van der Waals surface area contributed by atoms with Gasteiger partial charge in [-0.1, -0.05) is 0 Å². The summed E-state index contributed by atoms with van der Waals surface area (Å²) in [6.45, 7) is 3.80. The lowest BCUT2D eigenvalue weighted by Gasteiger charge is -2.03. The molecule has 0 saturated heterocycles. The first-order valence-corrected chi connectivity index (χ1v) is 6.40. The molecule has 0 spiro atoms. The van der Waals surface area contributed by atoms with Gasteiger partial charge in [0.1, 0.15) is 9.50 Å². The van der Waals surface area contributed by atoms with E-state index in [1.165, 1.54) is 18.1 Å². The fourth-order valence-electron chi connectivity index (χ4n) is 1.26. The standard InChI is InChI=1S/C10H9BrN4OS/c1-5-3-6(2)15-10(14-5)17-9-7(11)8(16)12-4-13-9/h3-4H,1-2H3,(H,12,13,16). The molecule has 0 fully saturated rings. The van der Waals surface area contributed by atoms with Gasteiger partial charge in [-0.25, -0.2) is 15.0 Å². The summed E-state index contributed by atoms with van der Waals surface area (Å²) in [7, 11) is 0. The van der Waals surface area contributed by atoms with Crippen molar-refractivity contribution in [2.75, 3.05) is 0 Å². The van der Waals surface area contributed by atoms with Crippen LogP contribution in [0.25, 0.3) is 0 Å². The van der Waals surface area contributed by atoms with Gasteiger partial charge in [0.25, 0.3) is 5.56 Å². The van der Waals surface area contributed by atoms with Crippen LogP contribution in [0.3, 0.4) is 0 Å². The van der Waals surface area contributed by atoms with Gasteiger partial charge in [-0.3, -0.25) is 4.79 Å². The zero-order chi connectivity index (χ0) is 12.4. The van der Waals surface area contributed by atoms with Gasteiger partial charge in [-0.2, -0.15) is 0 Å². The predicted octanol–water partition coefficient (Wildman–Crippen LogP) is 2.09. The van der Waals surface area contributed by atoms with Crippen LogP contribution in [0.1, 0.15) is 11.4 Å². The zero-order valence-corrected chi connectivity index (χ0v) is 11.6. The summed E-state index contributed by atoms with van der Waals surface area (Å²) in [5, 5.41) is 1.14. The summed E-state index contributed by atoms with van der Waals surface area (Å²) in [5.74, 6) is 0. The van der Waals surface area contributed by atoms with Gasteiger partial charge in [0, 0.05) is 11.4 Å². The summed E-state index contributed by atoms with van der Waals surface area (Å²) in [6.07, 6.45) is 1.36. The molecule has 2 aromatic heterocycles. The predicted molar refractivity (Wildman–Crippen MR) is 68.2 cm³/mol. The maximum atomic E-state index is 11.4. The second-order valence-electron chi connectivity index (χ2n) is 3.39. The number of hydrogen-bond acceptors (Lipinski definition) is 5. The van der Waals surface area contributed by atoms with Crippen molar-refractivity contribution >= 4 is 27.7 Å². The lowest BCUT2D eigenvalue weighted by atomic mass is 10.4. The van der Waals surface area contributed by atoms with Gasteiger partial charge >= 0.3 is 0 Å². The normalized spacial score (nSPS) is 10.5. The Kier molecular flexibility index (Phi) is 3.58. The van der Waals surface area contributed by atoms with Crippen molar-refractivity contribution in [1.82, 2.24) is 19.9 Å². The smallest absolute Gasteiger partial charge is 0.266 e. The van der Waals surface area contributed by atoms with Crippen molar-refractivity contribution in [3.8, 4) is 0 Å². The summed E-state index contributed by atoms with van der Waals surface area (Å²) in [6, 6.07) is 1.89. The second-order valence-corrected chi connectivity index (χ2v) is 5.14. The number of halogens is 1. The molecule has 0 radical (unpaired) electrons. The summed E-state index contributed by atoms with van der Waals surface area (Å²) < 4.78 is 0.396. The van der Waals surface area contributed by atoms with Gasteiger partial charge < -0.3 is 4.98 Å². The van der Waals surface area contributed by atoms with Crippen molar-refractivity contribution in [1.29, 1.82) is 0 Å². The number of aryl methyl sites for hydroxylation is 2. The van der Waals surface area contributed by atoms with Crippen LogP contribution in [0.2, 0.25) is 0 Å². The highest BCUT2D eigenvalue weighted by Crippen LogP contribution is 2.26. The maximum absolute atomic E-state index is 11.4. The summed E-state index contributed by atoms with van der Waals surface area (Å²) >= 11 is 4.45. The van der Waals surface area contributed by atoms with Crippen LogP contribution in [0.15, 0.2) is 31.8 Å². The molecule has 0 aliphatic heterocycles. The van der Waals surface area contributed by atoms with E-state index in [9.17, 15) is 4.79 Å². The van der Waals surface area contributed by atoms with Gasteiger partial charge in [0.2, 0.25) is 0 Å². The highest BCUT2D eigenvalue weighted by Gasteiger charge is 2.09. The van der Waals surface area contributed by atoms with E-state index in [-0.39, 0.29) is 5.56 Å². The molecule has 17 heavy (non-hydrogen) atoms. The second kappa shape index (κ2) is 4.97. The Morgan fingerprint density at radius 3 is 2.59 bits per heavy atom. The average molecular weight is 313 g/mol. The molecule has 88 valence electrons. The fraction of sp³-hybridized carbons (Fsp3) is 0.200. The first-order valence-electron chi connectivity index (χ1n) is 4.79. The van der Waals surface area contributed by atoms with E-state index in [2.05, 4.69) is 35.9 Å². The Hall–Kier alpha value is -1.21. The van der Waals surface area contributed by atoms with Crippen molar-refractivity contribution in [2.24, 2.45) is 0 Å². The van der Waals surface area contributed by atoms with Crippen LogP contribution >= 0.6 is 27.7 Å². The van der Waals surface area contributed by atoms with Gasteiger partial charge in [-0.05, 0) is 47.6 Å². The minimum atomic E-state index is -0.216. The van der Waals surface area contributed by atoms with Crippen LogP contribution in [0.4, 0.5) is 0 Å². The molecule has 0 saturated carbocycles. The Morgan fingerprint density at radius 2 is 1.94 bits per heavy atom. The molecule has 2 heterocycles. The number of aromatic amines is 1. The first-order chi connectivity index (χ1) is 8.06. The topological polar surface area (TPSA) is 71.5 Å². The molecule has 2 aromatic rings. The third-order valence-corrected chi connectivity index (χ3v) is 3.78. The van der Waals surface area contributed by atoms with Crippen molar-refractivity contribution in [3.63, 3.8) is 0 Å². The van der Waals surface area contributed by atoms with E-state index in [1.807, 2.05) is 19.9 Å². The largest absolute Gasteiger partial charge is 0.312 e. The van der Waals surface area contributed by atoms with Crippen molar-refractivity contribution in [3.05, 3.63) is 38.6 Å². The molecule has 0 aromatic carbocycles. The van der Waals surface area contributed by atoms with Crippen molar-refractivity contribution in [2.45, 2.75) is 24.0 Å². The monoisotopic (exact) mass is 312 g/mol. The van der Waals surface area contributed by atoms with Gasteiger partial charge in [-0.15, -0.1) is 0 Å². The van der Waals surface area contributed by atoms with E-state index < -0.39 is 0 Å². The summed E-state index contributed by atoms with van der Waals surface area (Å²) in [5.41, 5.74) is 1.56. The van der Waals surface area contributed by atoms with Crippen molar-refractivity contribution < 1.29 is 0 Å². The molecule has 0 aliphatic rings. The van der Waals surface area contributed by atoms with Crippen LogP contribution in [-0.4, -0.2) is 19.9 Å². The van der Waals surface area contributed by atoms with Crippen LogP contribution in [-0.2, 0) is 0 Å². The van der Waals surface area contributed by atoms with Crippen LogP contribution in [0.5, 0.6) is 0 Å². The number of H-pyrrole nitrogens is 1. The van der Waals surface area contributed by atoms with Gasteiger partial charge in [0.15, 0.2) is 5.16 Å². The molecule has 7 heteroatoms. The molecule has 5 nitrogen and oxygen atoms in total. The van der Waals surface area contributed by atoms with E-state index >= 15 is 0 Å². The minimum Gasteiger partial charge on any atom is -0.312 e. The minimum absolute atomic E-state index is 0.216. The number of nitrogens with one attached hydrogen (secondary N) is 1. The number of aromatic nitrogens is 4. The molecule has 1 N–H and O–H groups in total. The molecule has 0 unspecified atom stereocenters. The zero-order valence-electron chi connectivity index (χ0n) is 9.19. The van der Waals surface area contributed by atoms with E-state index in [0.29, 0.717) is 14.7 Å². The lowest BCUT2D eigenvalue weighted by Crippen LogP contribution is -2.08. The average Bonchev–Trinajstić information content (AvgIpc) is 2.23. The molecular formula is C10H9BrN4OS. The lowest BCUT2D eigenvalue weighted by molar-refractivity contribution is 0.894. The Bertz CT molecular complexity index is 593. The van der Waals surface area contributed by atoms with E-state index in [0.717, 1.165) is 11.4 Å². The fourth-order valence-corrected chi connectivity index (χ4v) is 2.56. The molecule has 2 rings (SSSR count). The maximum Gasteiger partial charge on any atom is 0.266 e. The third-order valence-electron chi connectivity index (χ3n) is 1.91. The molecule has 0 aliphatic carbocycles. The van der Waals surface area contributed by atoms with E-state index in [1.54, 1.807) is 0 Å².